The molecule has 7 fully saturated rings. The van der Waals surface area contributed by atoms with Crippen molar-refractivity contribution in [2.24, 2.45) is 69.0 Å². The Morgan fingerprint density at radius 1 is 1.02 bits per heavy atom. The Bertz CT molecular complexity index is 1680. The average molecular weight is 705 g/mol. The van der Waals surface area contributed by atoms with Crippen molar-refractivity contribution >= 4 is 15.8 Å². The van der Waals surface area contributed by atoms with Gasteiger partial charge in [-0.15, -0.1) is 0 Å². The number of nitrogens with one attached hydrogen (secondary N) is 1. The smallest absolute Gasteiger partial charge is 0.307 e. The maximum Gasteiger partial charge on any atom is 0.307 e. The van der Waals surface area contributed by atoms with Crippen molar-refractivity contribution in [2.75, 3.05) is 25.4 Å². The summed E-state index contributed by atoms with van der Waals surface area (Å²) in [7, 11) is -2.86. The molecule has 5 saturated carbocycles. The van der Waals surface area contributed by atoms with Crippen molar-refractivity contribution < 1.29 is 18.3 Å². The number of carbonyl (C=O) groups is 1. The van der Waals surface area contributed by atoms with Crippen LogP contribution in [0.4, 0.5) is 0 Å². The lowest BCUT2D eigenvalue weighted by Gasteiger charge is -2.72. The van der Waals surface area contributed by atoms with Crippen LogP contribution in [0.2, 0.25) is 0 Å². The second-order valence-electron chi connectivity index (χ2n) is 20.6. The van der Waals surface area contributed by atoms with Gasteiger partial charge in [-0.2, -0.15) is 0 Å². The number of nitrogens with zero attached hydrogens (tertiary/aromatic N) is 1. The molecular formula is C43H64N2O4S. The quantitative estimate of drug-likeness (QED) is 0.265. The zero-order valence-electron chi connectivity index (χ0n) is 31.8. The fourth-order valence-corrected chi connectivity index (χ4v) is 18.2. The monoisotopic (exact) mass is 704 g/mol. The van der Waals surface area contributed by atoms with Gasteiger partial charge in [-0.1, -0.05) is 58.9 Å². The Kier molecular flexibility index (Phi) is 7.44. The van der Waals surface area contributed by atoms with Gasteiger partial charge in [0.25, 0.3) is 0 Å². The zero-order valence-corrected chi connectivity index (χ0v) is 32.6. The predicted octanol–water partition coefficient (Wildman–Crippen LogP) is 7.67. The first-order valence-corrected chi connectivity index (χ1v) is 22.2. The normalized spacial score (nSPS) is 52.2. The number of allylic oxidation sites excluding steroid dienone is 5. The molecule has 3 unspecified atom stereocenters. The Morgan fingerprint density at radius 3 is 2.44 bits per heavy atom. The van der Waals surface area contributed by atoms with Crippen LogP contribution in [-0.2, 0) is 14.6 Å². The number of rotatable bonds is 7. The Labute approximate surface area is 302 Å². The third-order valence-electron chi connectivity index (χ3n) is 18.7. The van der Waals surface area contributed by atoms with Gasteiger partial charge < -0.3 is 10.4 Å². The molecule has 2 aliphatic heterocycles. The number of carboxylic acid groups (broad SMARTS) is 1. The van der Waals surface area contributed by atoms with Gasteiger partial charge in [0.15, 0.2) is 9.84 Å². The number of carboxylic acids is 1. The van der Waals surface area contributed by atoms with Crippen molar-refractivity contribution in [1.82, 2.24) is 10.2 Å². The van der Waals surface area contributed by atoms with Crippen molar-refractivity contribution in [3.05, 3.63) is 35.5 Å². The largest absolute Gasteiger partial charge is 0.481 e. The first-order chi connectivity index (χ1) is 23.5. The van der Waals surface area contributed by atoms with Crippen LogP contribution < -0.4 is 5.32 Å². The van der Waals surface area contributed by atoms with E-state index >= 15 is 0 Å². The molecule has 0 amide bonds. The minimum atomic E-state index is -2.86. The molecule has 276 valence electrons. The third kappa shape index (κ3) is 4.44. The van der Waals surface area contributed by atoms with E-state index in [-0.39, 0.29) is 39.5 Å². The topological polar surface area (TPSA) is 86.7 Å². The predicted molar refractivity (Wildman–Crippen MR) is 199 cm³/mol. The molecule has 50 heavy (non-hydrogen) atoms. The van der Waals surface area contributed by atoms with Gasteiger partial charge in [0, 0.05) is 31.2 Å². The van der Waals surface area contributed by atoms with Crippen LogP contribution in [0, 0.1) is 69.0 Å². The van der Waals surface area contributed by atoms with E-state index in [0.717, 1.165) is 38.9 Å². The van der Waals surface area contributed by atoms with Crippen molar-refractivity contribution in [3.8, 4) is 0 Å². The van der Waals surface area contributed by atoms with E-state index in [2.05, 4.69) is 70.5 Å². The number of hydrogen-bond donors (Lipinski definition) is 2. The molecule has 2 bridgehead atoms. The highest BCUT2D eigenvalue weighted by atomic mass is 32.2. The molecule has 7 aliphatic carbocycles. The summed E-state index contributed by atoms with van der Waals surface area (Å²) in [6.07, 6.45) is 18.3. The van der Waals surface area contributed by atoms with Crippen LogP contribution in [0.1, 0.15) is 112 Å². The summed E-state index contributed by atoms with van der Waals surface area (Å²) in [5.74, 6) is 3.48. The molecule has 14 atom stereocenters. The standard InChI is InChI=1S/C43H64N2O4S/c1-25(2)29-10-15-43(44-18-19-45-23-28-22-27(45)24-50(28,48)49)17-16-41(6)33(37(29)43)8-9-35-40(5)13-11-32(26-20-30-31(21-26)36(30)38(46)47)39(3,4)34(40)12-14-42(35,41)7/h11,20,27-31,33-37,44H,1,8-10,12-19,21-24H2,2-7H3,(H,46,47)/t27-,28-,29+,30?,31?,33-,34+,35-,36?,37-,40+,41-,42-,43+/m1/s1. The molecular weight excluding hydrogens is 641 g/mol. The van der Waals surface area contributed by atoms with Crippen molar-refractivity contribution in [1.29, 1.82) is 0 Å². The molecule has 7 heteroatoms. The van der Waals surface area contributed by atoms with E-state index in [1.54, 1.807) is 5.57 Å². The van der Waals surface area contributed by atoms with Gasteiger partial charge >= 0.3 is 5.97 Å². The summed E-state index contributed by atoms with van der Waals surface area (Å²) < 4.78 is 24.8. The number of likely N-dealkylation sites (tertiary alicyclic amines) is 1. The van der Waals surface area contributed by atoms with Gasteiger partial charge in [-0.05, 0) is 152 Å². The van der Waals surface area contributed by atoms with Gasteiger partial charge in [0.05, 0.1) is 16.9 Å². The lowest BCUT2D eigenvalue weighted by atomic mass is 9.33. The lowest BCUT2D eigenvalue weighted by molar-refractivity contribution is -0.221. The second kappa shape index (κ2) is 10.8. The maximum absolute atomic E-state index is 12.4. The molecule has 9 rings (SSSR count). The van der Waals surface area contributed by atoms with Crippen LogP contribution in [-0.4, -0.2) is 66.6 Å². The SMILES string of the molecule is C=C(C)[C@@H]1CC[C@]2(NCCN3C[C@H]4C[C@@H]3CS4(=O)=O)CC[C@]3(C)[C@H](CC[C@@H]4[C@@]5(C)CC=C(C6=CC7C(C6)C7C(=O)O)C(C)(C)[C@@H]5CC[C@]43C)[C@@H]12. The van der Waals surface area contributed by atoms with E-state index in [9.17, 15) is 18.3 Å². The summed E-state index contributed by atoms with van der Waals surface area (Å²) in [4.78, 5) is 14.2. The number of sulfone groups is 1. The highest BCUT2D eigenvalue weighted by Crippen LogP contribution is 2.77. The molecule has 6 nitrogen and oxygen atoms in total. The molecule has 2 N–H and O–H groups in total. The Morgan fingerprint density at radius 2 is 1.80 bits per heavy atom. The summed E-state index contributed by atoms with van der Waals surface area (Å²) in [5, 5.41) is 13.8. The molecule has 9 aliphatic rings. The fraction of sp³-hybridized carbons (Fsp3) is 0.837. The maximum atomic E-state index is 12.4. The van der Waals surface area contributed by atoms with E-state index < -0.39 is 15.8 Å². The molecule has 0 spiro atoms. The lowest BCUT2D eigenvalue weighted by Crippen LogP contribution is -2.68. The van der Waals surface area contributed by atoms with Crippen LogP contribution in [0.3, 0.4) is 0 Å². The second-order valence-corrected chi connectivity index (χ2v) is 23.0. The molecule has 2 heterocycles. The number of aliphatic carboxylic acids is 1. The van der Waals surface area contributed by atoms with Gasteiger partial charge in [0.1, 0.15) is 0 Å². The van der Waals surface area contributed by atoms with Crippen LogP contribution >= 0.6 is 0 Å². The van der Waals surface area contributed by atoms with Crippen LogP contribution in [0.5, 0.6) is 0 Å². The Balaban J connectivity index is 0.964. The van der Waals surface area contributed by atoms with Crippen molar-refractivity contribution in [2.45, 2.75) is 129 Å². The van der Waals surface area contributed by atoms with E-state index in [0.29, 0.717) is 52.1 Å². The van der Waals surface area contributed by atoms with E-state index in [1.807, 2.05) is 0 Å². The molecule has 0 aromatic heterocycles. The summed E-state index contributed by atoms with van der Waals surface area (Å²) >= 11 is 0. The average Bonchev–Trinajstić information content (AvgIpc) is 3.45. The molecule has 0 radical (unpaired) electrons. The summed E-state index contributed by atoms with van der Waals surface area (Å²) in [6, 6.07) is 0.230. The zero-order chi connectivity index (χ0) is 35.4. The van der Waals surface area contributed by atoms with Gasteiger partial charge in [0.2, 0.25) is 0 Å². The number of hydrogen-bond acceptors (Lipinski definition) is 5. The van der Waals surface area contributed by atoms with Crippen LogP contribution in [0.15, 0.2) is 35.5 Å². The van der Waals surface area contributed by atoms with Gasteiger partial charge in [-0.3, -0.25) is 9.69 Å². The van der Waals surface area contributed by atoms with Crippen molar-refractivity contribution in [3.63, 3.8) is 0 Å². The Hall–Kier alpha value is -1.44. The van der Waals surface area contributed by atoms with Crippen LogP contribution in [0.25, 0.3) is 0 Å². The highest BCUT2D eigenvalue weighted by Gasteiger charge is 2.71. The molecule has 2 saturated heterocycles. The number of fused-ring (bicyclic) bond motifs is 10. The van der Waals surface area contributed by atoms with Gasteiger partial charge in [-0.25, -0.2) is 8.42 Å². The van der Waals surface area contributed by atoms with E-state index in [1.165, 1.54) is 62.5 Å². The van der Waals surface area contributed by atoms with E-state index in [4.69, 9.17) is 0 Å². The minimum absolute atomic E-state index is 0.106. The molecule has 0 aromatic carbocycles. The minimum Gasteiger partial charge on any atom is -0.481 e. The summed E-state index contributed by atoms with van der Waals surface area (Å²) in [5.41, 5.74) is 5.56. The molecule has 0 aromatic rings. The first kappa shape index (κ1) is 34.3. The highest BCUT2D eigenvalue weighted by molar-refractivity contribution is 7.92. The third-order valence-corrected chi connectivity index (χ3v) is 20.9. The first-order valence-electron chi connectivity index (χ1n) is 20.5. The summed E-state index contributed by atoms with van der Waals surface area (Å²) in [6.45, 7) is 22.8. The fourth-order valence-electron chi connectivity index (χ4n) is 16.1.